The third kappa shape index (κ3) is 2.05. The smallest absolute Gasteiger partial charge is 0.136 e. The van der Waals surface area contributed by atoms with Crippen molar-refractivity contribution in [2.75, 3.05) is 18.0 Å². The summed E-state index contributed by atoms with van der Waals surface area (Å²) in [4.78, 5) is 6.77. The van der Waals surface area contributed by atoms with Crippen molar-refractivity contribution in [1.29, 1.82) is 0 Å². The quantitative estimate of drug-likeness (QED) is 0.848. The summed E-state index contributed by atoms with van der Waals surface area (Å²) in [7, 11) is 0. The fraction of sp³-hybridized carbons (Fsp3) is 0.308. The van der Waals surface area contributed by atoms with E-state index in [-0.39, 0.29) is 0 Å². The fourth-order valence-electron chi connectivity index (χ4n) is 1.90. The molecule has 2 rings (SSSR count). The molecule has 84 valence electrons. The van der Waals surface area contributed by atoms with Gasteiger partial charge in [-0.25, -0.2) is 4.98 Å². The molecule has 0 saturated heterocycles. The highest BCUT2D eigenvalue weighted by atomic mass is 79.9. The van der Waals surface area contributed by atoms with Crippen molar-refractivity contribution in [2.45, 2.75) is 13.8 Å². The molecule has 0 amide bonds. The molecule has 1 heterocycles. The first kappa shape index (κ1) is 11.4. The number of rotatable bonds is 3. The molecule has 0 saturated carbocycles. The van der Waals surface area contributed by atoms with Gasteiger partial charge < -0.3 is 4.90 Å². The zero-order valence-corrected chi connectivity index (χ0v) is 11.2. The number of hydrogen-bond acceptors (Lipinski definition) is 2. The van der Waals surface area contributed by atoms with Crippen LogP contribution in [0, 0.1) is 0 Å². The van der Waals surface area contributed by atoms with Crippen LogP contribution in [-0.2, 0) is 0 Å². The van der Waals surface area contributed by atoms with Gasteiger partial charge in [0.25, 0.3) is 0 Å². The second-order valence-corrected chi connectivity index (χ2v) is 4.59. The molecule has 1 aromatic carbocycles. The van der Waals surface area contributed by atoms with Crippen LogP contribution < -0.4 is 4.90 Å². The van der Waals surface area contributed by atoms with E-state index in [0.29, 0.717) is 0 Å². The van der Waals surface area contributed by atoms with E-state index in [2.05, 4.69) is 63.9 Å². The largest absolute Gasteiger partial charge is 0.357 e. The van der Waals surface area contributed by atoms with Crippen LogP contribution in [0.15, 0.2) is 34.9 Å². The van der Waals surface area contributed by atoms with Gasteiger partial charge in [-0.2, -0.15) is 0 Å². The van der Waals surface area contributed by atoms with Gasteiger partial charge in [-0.1, -0.05) is 22.0 Å². The fourth-order valence-corrected chi connectivity index (χ4v) is 2.26. The van der Waals surface area contributed by atoms with Crippen LogP contribution in [-0.4, -0.2) is 18.1 Å². The number of aromatic nitrogens is 1. The van der Waals surface area contributed by atoms with Gasteiger partial charge in [0.1, 0.15) is 5.82 Å². The first-order valence-corrected chi connectivity index (χ1v) is 6.34. The number of fused-ring (bicyclic) bond motifs is 1. The van der Waals surface area contributed by atoms with Crippen LogP contribution in [0.5, 0.6) is 0 Å². The van der Waals surface area contributed by atoms with Gasteiger partial charge >= 0.3 is 0 Å². The van der Waals surface area contributed by atoms with Crippen molar-refractivity contribution in [1.82, 2.24) is 4.98 Å². The third-order valence-corrected chi connectivity index (χ3v) is 3.26. The van der Waals surface area contributed by atoms with Crippen molar-refractivity contribution in [3.63, 3.8) is 0 Å². The Morgan fingerprint density at radius 3 is 2.62 bits per heavy atom. The second kappa shape index (κ2) is 4.83. The van der Waals surface area contributed by atoms with Gasteiger partial charge in [-0.15, -0.1) is 0 Å². The lowest BCUT2D eigenvalue weighted by Crippen LogP contribution is -2.23. The molecule has 0 aliphatic heterocycles. The van der Waals surface area contributed by atoms with E-state index in [9.17, 15) is 0 Å². The molecule has 0 bridgehead atoms. The number of hydrogen-bond donors (Lipinski definition) is 0. The standard InChI is InChI=1S/C13H15BrN2/c1-3-16(4-2)13-12-9-11(14)6-5-10(12)7-8-15-13/h5-9H,3-4H2,1-2H3. The van der Waals surface area contributed by atoms with Crippen molar-refractivity contribution in [3.8, 4) is 0 Å². The summed E-state index contributed by atoms with van der Waals surface area (Å²) in [6.07, 6.45) is 1.88. The SMILES string of the molecule is CCN(CC)c1nccc2ccc(Br)cc12. The van der Waals surface area contributed by atoms with Gasteiger partial charge in [0, 0.05) is 29.1 Å². The summed E-state index contributed by atoms with van der Waals surface area (Å²) in [6.45, 7) is 6.27. The molecular weight excluding hydrogens is 264 g/mol. The molecule has 0 fully saturated rings. The van der Waals surface area contributed by atoms with Crippen molar-refractivity contribution in [3.05, 3.63) is 34.9 Å². The van der Waals surface area contributed by atoms with Gasteiger partial charge in [0.2, 0.25) is 0 Å². The Kier molecular flexibility index (Phi) is 3.44. The molecule has 0 spiro atoms. The van der Waals surface area contributed by atoms with Crippen molar-refractivity contribution < 1.29 is 0 Å². The molecule has 2 aromatic rings. The molecule has 0 aliphatic rings. The lowest BCUT2D eigenvalue weighted by Gasteiger charge is -2.21. The van der Waals surface area contributed by atoms with E-state index in [1.165, 1.54) is 10.8 Å². The zero-order valence-electron chi connectivity index (χ0n) is 9.57. The topological polar surface area (TPSA) is 16.1 Å². The summed E-state index contributed by atoms with van der Waals surface area (Å²) in [5, 5.41) is 2.45. The summed E-state index contributed by atoms with van der Waals surface area (Å²) in [5.74, 6) is 1.07. The van der Waals surface area contributed by atoms with Gasteiger partial charge in [0.15, 0.2) is 0 Å². The van der Waals surface area contributed by atoms with E-state index < -0.39 is 0 Å². The van der Waals surface area contributed by atoms with Crippen LogP contribution in [0.25, 0.3) is 10.8 Å². The average Bonchev–Trinajstić information content (AvgIpc) is 2.31. The van der Waals surface area contributed by atoms with E-state index in [4.69, 9.17) is 0 Å². The maximum atomic E-state index is 4.50. The Balaban J connectivity index is 2.64. The molecule has 0 aliphatic carbocycles. The third-order valence-electron chi connectivity index (χ3n) is 2.77. The maximum Gasteiger partial charge on any atom is 0.136 e. The van der Waals surface area contributed by atoms with Crippen LogP contribution in [0.2, 0.25) is 0 Å². The number of benzene rings is 1. The molecule has 1 aromatic heterocycles. The van der Waals surface area contributed by atoms with E-state index >= 15 is 0 Å². The molecule has 3 heteroatoms. The summed E-state index contributed by atoms with van der Waals surface area (Å²) in [6, 6.07) is 8.37. The minimum absolute atomic E-state index is 0.981. The Hall–Kier alpha value is -1.09. The van der Waals surface area contributed by atoms with E-state index in [1.807, 2.05) is 6.20 Å². The van der Waals surface area contributed by atoms with E-state index in [0.717, 1.165) is 23.4 Å². The molecule has 2 nitrogen and oxygen atoms in total. The minimum Gasteiger partial charge on any atom is -0.357 e. The Morgan fingerprint density at radius 2 is 1.94 bits per heavy atom. The highest BCUT2D eigenvalue weighted by Crippen LogP contribution is 2.27. The van der Waals surface area contributed by atoms with Crippen molar-refractivity contribution in [2.24, 2.45) is 0 Å². The Labute approximate surface area is 104 Å². The zero-order chi connectivity index (χ0) is 11.5. The molecular formula is C13H15BrN2. The lowest BCUT2D eigenvalue weighted by molar-refractivity contribution is 0.852. The number of pyridine rings is 1. The molecule has 0 radical (unpaired) electrons. The summed E-state index contributed by atoms with van der Waals surface area (Å²) in [5.41, 5.74) is 0. The number of nitrogens with zero attached hydrogens (tertiary/aromatic N) is 2. The lowest BCUT2D eigenvalue weighted by atomic mass is 10.1. The molecule has 0 atom stereocenters. The Morgan fingerprint density at radius 1 is 1.19 bits per heavy atom. The van der Waals surface area contributed by atoms with Gasteiger partial charge in [0.05, 0.1) is 0 Å². The van der Waals surface area contributed by atoms with Crippen LogP contribution in [0.3, 0.4) is 0 Å². The first-order chi connectivity index (χ1) is 7.76. The van der Waals surface area contributed by atoms with Crippen molar-refractivity contribution >= 4 is 32.5 Å². The van der Waals surface area contributed by atoms with Crippen LogP contribution >= 0.6 is 15.9 Å². The predicted octanol–water partition coefficient (Wildman–Crippen LogP) is 3.84. The molecule has 16 heavy (non-hydrogen) atoms. The maximum absolute atomic E-state index is 4.50. The highest BCUT2D eigenvalue weighted by Gasteiger charge is 2.08. The minimum atomic E-state index is 0.981. The summed E-state index contributed by atoms with van der Waals surface area (Å²) < 4.78 is 1.10. The average molecular weight is 279 g/mol. The molecule has 0 N–H and O–H groups in total. The number of anilines is 1. The number of halogens is 1. The molecule has 0 unspecified atom stereocenters. The predicted molar refractivity (Wildman–Crippen MR) is 73.0 cm³/mol. The normalized spacial score (nSPS) is 10.7. The summed E-state index contributed by atoms with van der Waals surface area (Å²) >= 11 is 3.51. The van der Waals surface area contributed by atoms with E-state index in [1.54, 1.807) is 0 Å². The van der Waals surface area contributed by atoms with Crippen LogP contribution in [0.1, 0.15) is 13.8 Å². The highest BCUT2D eigenvalue weighted by molar-refractivity contribution is 9.10. The van der Waals surface area contributed by atoms with Gasteiger partial charge in [-0.3, -0.25) is 0 Å². The second-order valence-electron chi connectivity index (χ2n) is 3.67. The van der Waals surface area contributed by atoms with Crippen LogP contribution in [0.4, 0.5) is 5.82 Å². The Bertz CT molecular complexity index is 492. The van der Waals surface area contributed by atoms with Gasteiger partial charge in [-0.05, 0) is 37.4 Å². The first-order valence-electron chi connectivity index (χ1n) is 5.55. The monoisotopic (exact) mass is 278 g/mol.